The Bertz CT molecular complexity index is 1630. The summed E-state index contributed by atoms with van der Waals surface area (Å²) >= 11 is 0. The molecule has 10 nitrogen and oxygen atoms in total. The van der Waals surface area contributed by atoms with E-state index in [0.717, 1.165) is 22.2 Å². The number of para-hydroxylation sites is 1. The smallest absolute Gasteiger partial charge is 0.408 e. The van der Waals surface area contributed by atoms with Crippen molar-refractivity contribution in [2.75, 3.05) is 0 Å². The lowest BCUT2D eigenvalue weighted by Gasteiger charge is -2.25. The Kier molecular flexibility index (Phi) is 7.18. The lowest BCUT2D eigenvalue weighted by Crippen LogP contribution is -2.46. The van der Waals surface area contributed by atoms with E-state index in [4.69, 9.17) is 14.5 Å². The lowest BCUT2D eigenvalue weighted by molar-refractivity contribution is -0.152. The van der Waals surface area contributed by atoms with Crippen LogP contribution in [0.25, 0.3) is 22.3 Å². The van der Waals surface area contributed by atoms with Crippen molar-refractivity contribution >= 4 is 23.0 Å². The number of hydrogen-bond donors (Lipinski definition) is 2. The Morgan fingerprint density at radius 3 is 2.67 bits per heavy atom. The summed E-state index contributed by atoms with van der Waals surface area (Å²) in [5.74, 6) is -0.648. The van der Waals surface area contributed by atoms with Gasteiger partial charge in [0.25, 0.3) is 5.56 Å². The van der Waals surface area contributed by atoms with Gasteiger partial charge in [-0.3, -0.25) is 4.79 Å². The maximum Gasteiger partial charge on any atom is 0.408 e. The summed E-state index contributed by atoms with van der Waals surface area (Å²) in [6.07, 6.45) is 2.23. The molecular formula is C30H33N5O5. The first-order valence-electron chi connectivity index (χ1n) is 13.3. The van der Waals surface area contributed by atoms with Gasteiger partial charge in [0.1, 0.15) is 17.7 Å². The van der Waals surface area contributed by atoms with Crippen molar-refractivity contribution < 1.29 is 19.1 Å². The molecule has 4 aromatic rings. The van der Waals surface area contributed by atoms with Crippen LogP contribution in [0, 0.1) is 6.92 Å². The number of hydrogen-bond acceptors (Lipinski definition) is 7. The molecule has 0 radical (unpaired) electrons. The summed E-state index contributed by atoms with van der Waals surface area (Å²) in [7, 11) is 0. The molecule has 0 aliphatic carbocycles. The zero-order chi connectivity index (χ0) is 28.6. The Morgan fingerprint density at radius 1 is 1.20 bits per heavy atom. The molecule has 2 unspecified atom stereocenters. The van der Waals surface area contributed by atoms with Gasteiger partial charge in [-0.1, -0.05) is 25.1 Å². The highest BCUT2D eigenvalue weighted by Gasteiger charge is 2.31. The van der Waals surface area contributed by atoms with Gasteiger partial charge in [-0.2, -0.15) is 0 Å². The molecule has 1 amide bonds. The summed E-state index contributed by atoms with van der Waals surface area (Å²) in [5.41, 5.74) is 4.07. The van der Waals surface area contributed by atoms with Gasteiger partial charge in [-0.25, -0.2) is 19.6 Å². The predicted octanol–water partition coefficient (Wildman–Crippen LogP) is 4.59. The highest BCUT2D eigenvalue weighted by Crippen LogP contribution is 2.35. The van der Waals surface area contributed by atoms with Gasteiger partial charge in [0, 0.05) is 34.7 Å². The summed E-state index contributed by atoms with van der Waals surface area (Å²) in [6, 6.07) is 10.8. The standard InChI is InChI=1S/C30H33N5O5/c1-6-25(39-28(37)23(12-20-14-31-16-32-20)34-29(38)40-30(3,4)5)21-13-24-26-19(15-35(24)27(36)17(21)2)11-18-9-7-8-10-22(18)33-26/h7-11,13-14,16,23,25H,6,12,15H2,1-5H3,(H,31,32)(H,34,38). The van der Waals surface area contributed by atoms with Crippen LogP contribution in [-0.4, -0.2) is 43.2 Å². The number of fused-ring (bicyclic) bond motifs is 4. The number of alkyl carbamates (subject to hydrolysis) is 1. The summed E-state index contributed by atoms with van der Waals surface area (Å²) < 4.78 is 13.0. The van der Waals surface area contributed by atoms with Crippen molar-refractivity contribution in [2.24, 2.45) is 0 Å². The second-order valence-electron chi connectivity index (χ2n) is 11.0. The molecule has 3 aromatic heterocycles. The molecular weight excluding hydrogens is 510 g/mol. The molecule has 0 saturated carbocycles. The second-order valence-corrected chi connectivity index (χ2v) is 11.0. The molecule has 2 N–H and O–H groups in total. The van der Waals surface area contributed by atoms with Crippen LogP contribution >= 0.6 is 0 Å². The molecule has 4 heterocycles. The van der Waals surface area contributed by atoms with Gasteiger partial charge in [-0.05, 0) is 52.3 Å². The van der Waals surface area contributed by atoms with Gasteiger partial charge in [0.2, 0.25) is 0 Å². The number of pyridine rings is 2. The SMILES string of the molecule is CCC(OC(=O)C(Cc1c[nH]cn1)NC(=O)OC(C)(C)C)c1cc2n(c(=O)c1C)Cc1cc3ccccc3nc1-2. The number of carbonyl (C=O) groups excluding carboxylic acids is 2. The number of nitrogens with one attached hydrogen (secondary N) is 2. The van der Waals surface area contributed by atoms with Crippen LogP contribution < -0.4 is 10.9 Å². The molecule has 2 atom stereocenters. The first-order valence-corrected chi connectivity index (χ1v) is 13.3. The monoisotopic (exact) mass is 543 g/mol. The van der Waals surface area contributed by atoms with Crippen LogP contribution in [-0.2, 0) is 27.2 Å². The topological polar surface area (TPSA) is 128 Å². The van der Waals surface area contributed by atoms with Crippen LogP contribution in [0.2, 0.25) is 0 Å². The summed E-state index contributed by atoms with van der Waals surface area (Å²) in [4.78, 5) is 51.4. The average molecular weight is 544 g/mol. The molecule has 5 rings (SSSR count). The van der Waals surface area contributed by atoms with Crippen LogP contribution in [0.4, 0.5) is 4.79 Å². The van der Waals surface area contributed by atoms with E-state index in [1.165, 1.54) is 6.33 Å². The molecule has 0 spiro atoms. The van der Waals surface area contributed by atoms with Crippen LogP contribution in [0.1, 0.15) is 62.6 Å². The number of H-pyrrole nitrogens is 1. The Labute approximate surface area is 231 Å². The third-order valence-electron chi connectivity index (χ3n) is 6.88. The van der Waals surface area contributed by atoms with Crippen molar-refractivity contribution in [2.45, 2.75) is 71.8 Å². The highest BCUT2D eigenvalue weighted by molar-refractivity contribution is 5.84. The molecule has 0 fully saturated rings. The number of esters is 1. The van der Waals surface area contributed by atoms with E-state index >= 15 is 0 Å². The minimum atomic E-state index is -1.04. The third-order valence-corrected chi connectivity index (χ3v) is 6.88. The average Bonchev–Trinajstić information content (AvgIpc) is 3.54. The molecule has 1 aliphatic heterocycles. The van der Waals surface area contributed by atoms with E-state index in [9.17, 15) is 14.4 Å². The molecule has 0 bridgehead atoms. The normalized spacial score (nSPS) is 13.8. The first-order chi connectivity index (χ1) is 19.0. The van der Waals surface area contributed by atoms with Gasteiger partial charge >= 0.3 is 12.1 Å². The van der Waals surface area contributed by atoms with Crippen molar-refractivity contribution in [3.05, 3.63) is 81.7 Å². The van der Waals surface area contributed by atoms with Crippen LogP contribution in [0.3, 0.4) is 0 Å². The number of rotatable bonds is 7. The number of benzene rings is 1. The van der Waals surface area contributed by atoms with Gasteiger partial charge < -0.3 is 24.3 Å². The van der Waals surface area contributed by atoms with E-state index < -0.39 is 29.8 Å². The zero-order valence-corrected chi connectivity index (χ0v) is 23.3. The Hall–Kier alpha value is -4.47. The number of ether oxygens (including phenoxy) is 2. The van der Waals surface area contributed by atoms with E-state index in [2.05, 4.69) is 21.4 Å². The first kappa shape index (κ1) is 27.1. The van der Waals surface area contributed by atoms with E-state index in [1.807, 2.05) is 37.3 Å². The fraction of sp³-hybridized carbons (Fsp3) is 0.367. The van der Waals surface area contributed by atoms with Gasteiger partial charge in [0.15, 0.2) is 0 Å². The fourth-order valence-electron chi connectivity index (χ4n) is 4.97. The summed E-state index contributed by atoms with van der Waals surface area (Å²) in [5, 5.41) is 3.64. The number of imidazole rings is 1. The highest BCUT2D eigenvalue weighted by atomic mass is 16.6. The fourth-order valence-corrected chi connectivity index (χ4v) is 4.97. The van der Waals surface area contributed by atoms with Crippen molar-refractivity contribution in [3.8, 4) is 11.4 Å². The number of aromatic nitrogens is 4. The number of aromatic amines is 1. The minimum absolute atomic E-state index is 0.105. The minimum Gasteiger partial charge on any atom is -0.456 e. The second kappa shape index (κ2) is 10.6. The maximum atomic E-state index is 13.5. The zero-order valence-electron chi connectivity index (χ0n) is 23.3. The quantitative estimate of drug-likeness (QED) is 0.287. The van der Waals surface area contributed by atoms with Crippen molar-refractivity contribution in [1.29, 1.82) is 0 Å². The molecule has 0 saturated heterocycles. The van der Waals surface area contributed by atoms with E-state index in [1.54, 1.807) is 38.5 Å². The van der Waals surface area contributed by atoms with E-state index in [0.29, 0.717) is 35.5 Å². The van der Waals surface area contributed by atoms with Crippen LogP contribution in [0.15, 0.2) is 53.7 Å². The maximum absolute atomic E-state index is 13.5. The Balaban J connectivity index is 1.45. The molecule has 1 aromatic carbocycles. The lowest BCUT2D eigenvalue weighted by atomic mass is 10.0. The van der Waals surface area contributed by atoms with Crippen molar-refractivity contribution in [3.63, 3.8) is 0 Å². The molecule has 40 heavy (non-hydrogen) atoms. The summed E-state index contributed by atoms with van der Waals surface area (Å²) in [6.45, 7) is 9.29. The predicted molar refractivity (Wildman–Crippen MR) is 150 cm³/mol. The number of carbonyl (C=O) groups is 2. The number of nitrogens with zero attached hydrogens (tertiary/aromatic N) is 3. The van der Waals surface area contributed by atoms with Crippen LogP contribution in [0.5, 0.6) is 0 Å². The van der Waals surface area contributed by atoms with Gasteiger partial charge in [0.05, 0.1) is 35.5 Å². The molecule has 1 aliphatic rings. The molecule has 10 heteroatoms. The third kappa shape index (κ3) is 5.47. The Morgan fingerprint density at radius 2 is 1.98 bits per heavy atom. The van der Waals surface area contributed by atoms with Crippen molar-refractivity contribution in [1.82, 2.24) is 24.8 Å². The largest absolute Gasteiger partial charge is 0.456 e. The van der Waals surface area contributed by atoms with E-state index in [-0.39, 0.29) is 12.0 Å². The number of amides is 1. The van der Waals surface area contributed by atoms with Gasteiger partial charge in [-0.15, -0.1) is 0 Å². The molecule has 208 valence electrons.